The smallest absolute Gasteiger partial charge is 0.256 e. The number of carbonyl (C=O) groups excluding carboxylic acids is 2. The number of ether oxygens (including phenoxy) is 1. The average molecular weight is 464 g/mol. The molecule has 2 fully saturated rings. The minimum absolute atomic E-state index is 0.00995. The zero-order valence-electron chi connectivity index (χ0n) is 20.5. The maximum absolute atomic E-state index is 13.6. The standard InChI is InChI=1S/C28H37N3O3/c1-21-10-14-31(15-11-21)28(33)25-19-24(29-27(32)20-34-2)8-9-26(25)30-16-12-23(13-17-30)18-22-6-4-3-5-7-22/h3-9,19,21,23H,10-18,20H2,1-2H3,(H,29,32). The van der Waals surface area contributed by atoms with E-state index in [0.717, 1.165) is 64.0 Å². The average Bonchev–Trinajstić information content (AvgIpc) is 2.85. The van der Waals surface area contributed by atoms with Gasteiger partial charge < -0.3 is 19.9 Å². The van der Waals surface area contributed by atoms with Gasteiger partial charge in [-0.1, -0.05) is 37.3 Å². The Balaban J connectivity index is 1.50. The zero-order chi connectivity index (χ0) is 23.9. The second kappa shape index (κ2) is 11.5. The molecule has 0 atom stereocenters. The highest BCUT2D eigenvalue weighted by atomic mass is 16.5. The van der Waals surface area contributed by atoms with E-state index in [4.69, 9.17) is 4.74 Å². The number of carbonyl (C=O) groups is 2. The lowest BCUT2D eigenvalue weighted by atomic mass is 9.89. The minimum atomic E-state index is -0.220. The van der Waals surface area contributed by atoms with Crippen molar-refractivity contribution in [1.29, 1.82) is 0 Å². The molecular weight excluding hydrogens is 426 g/mol. The number of nitrogens with zero attached hydrogens (tertiary/aromatic N) is 2. The molecule has 1 N–H and O–H groups in total. The van der Waals surface area contributed by atoms with Gasteiger partial charge in [0.15, 0.2) is 0 Å². The molecular formula is C28H37N3O3. The summed E-state index contributed by atoms with van der Waals surface area (Å²) in [7, 11) is 1.50. The normalized spacial score (nSPS) is 17.6. The van der Waals surface area contributed by atoms with Crippen LogP contribution < -0.4 is 10.2 Å². The first-order valence-corrected chi connectivity index (χ1v) is 12.5. The van der Waals surface area contributed by atoms with Gasteiger partial charge >= 0.3 is 0 Å². The van der Waals surface area contributed by atoms with Crippen molar-refractivity contribution in [3.05, 3.63) is 59.7 Å². The van der Waals surface area contributed by atoms with Gasteiger partial charge in [-0.25, -0.2) is 0 Å². The number of rotatable bonds is 7. The van der Waals surface area contributed by atoms with Crippen molar-refractivity contribution >= 4 is 23.2 Å². The van der Waals surface area contributed by atoms with Crippen LogP contribution in [0.2, 0.25) is 0 Å². The van der Waals surface area contributed by atoms with Crippen LogP contribution in [0.15, 0.2) is 48.5 Å². The molecule has 2 aromatic rings. The molecule has 0 aliphatic carbocycles. The Morgan fingerprint density at radius 3 is 2.35 bits per heavy atom. The van der Waals surface area contributed by atoms with Crippen LogP contribution >= 0.6 is 0 Å². The van der Waals surface area contributed by atoms with E-state index in [9.17, 15) is 9.59 Å². The maximum atomic E-state index is 13.6. The number of nitrogens with one attached hydrogen (secondary N) is 1. The summed E-state index contributed by atoms with van der Waals surface area (Å²) in [5, 5.41) is 2.86. The summed E-state index contributed by atoms with van der Waals surface area (Å²) in [6.45, 7) is 5.69. The van der Waals surface area contributed by atoms with Crippen molar-refractivity contribution in [2.45, 2.75) is 39.0 Å². The van der Waals surface area contributed by atoms with Crippen LogP contribution in [-0.4, -0.2) is 56.6 Å². The Bertz CT molecular complexity index is 962. The highest BCUT2D eigenvalue weighted by Gasteiger charge is 2.27. The molecule has 2 heterocycles. The minimum Gasteiger partial charge on any atom is -0.375 e. The Morgan fingerprint density at radius 2 is 1.68 bits per heavy atom. The molecule has 2 saturated heterocycles. The molecule has 0 radical (unpaired) electrons. The molecule has 2 aliphatic heterocycles. The van der Waals surface area contributed by atoms with Crippen LogP contribution in [0, 0.1) is 11.8 Å². The lowest BCUT2D eigenvalue weighted by Crippen LogP contribution is -2.40. The van der Waals surface area contributed by atoms with Crippen molar-refractivity contribution in [2.75, 3.05) is 50.1 Å². The number of likely N-dealkylation sites (tertiary alicyclic amines) is 1. The molecule has 34 heavy (non-hydrogen) atoms. The van der Waals surface area contributed by atoms with Crippen LogP contribution in [0.3, 0.4) is 0 Å². The van der Waals surface area contributed by atoms with Crippen molar-refractivity contribution in [2.24, 2.45) is 11.8 Å². The van der Waals surface area contributed by atoms with E-state index in [0.29, 0.717) is 23.1 Å². The van der Waals surface area contributed by atoms with Crippen LogP contribution in [0.4, 0.5) is 11.4 Å². The lowest BCUT2D eigenvalue weighted by Gasteiger charge is -2.36. The van der Waals surface area contributed by atoms with E-state index in [1.54, 1.807) is 0 Å². The van der Waals surface area contributed by atoms with Crippen molar-refractivity contribution in [3.63, 3.8) is 0 Å². The number of hydrogen-bond acceptors (Lipinski definition) is 4. The van der Waals surface area contributed by atoms with Crippen LogP contribution in [0.1, 0.15) is 48.5 Å². The molecule has 182 valence electrons. The van der Waals surface area contributed by atoms with E-state index < -0.39 is 0 Å². The van der Waals surface area contributed by atoms with Gasteiger partial charge in [0.2, 0.25) is 5.91 Å². The van der Waals surface area contributed by atoms with Gasteiger partial charge in [0.1, 0.15) is 6.61 Å². The fraction of sp³-hybridized carbons (Fsp3) is 0.500. The number of amides is 2. The highest BCUT2D eigenvalue weighted by Crippen LogP contribution is 2.31. The van der Waals surface area contributed by atoms with Crippen LogP contribution in [0.25, 0.3) is 0 Å². The van der Waals surface area contributed by atoms with Gasteiger partial charge in [0.05, 0.1) is 5.56 Å². The second-order valence-electron chi connectivity index (χ2n) is 9.81. The molecule has 6 nitrogen and oxygen atoms in total. The maximum Gasteiger partial charge on any atom is 0.256 e. The van der Waals surface area contributed by atoms with Gasteiger partial charge in [0.25, 0.3) is 5.91 Å². The third-order valence-electron chi connectivity index (χ3n) is 7.18. The Morgan fingerprint density at radius 1 is 0.971 bits per heavy atom. The number of benzene rings is 2. The number of piperidine rings is 2. The third kappa shape index (κ3) is 6.17. The lowest BCUT2D eigenvalue weighted by molar-refractivity contribution is -0.119. The first-order valence-electron chi connectivity index (χ1n) is 12.5. The fourth-order valence-electron chi connectivity index (χ4n) is 5.10. The third-order valence-corrected chi connectivity index (χ3v) is 7.18. The second-order valence-corrected chi connectivity index (χ2v) is 9.81. The summed E-state index contributed by atoms with van der Waals surface area (Å²) in [6, 6.07) is 16.4. The largest absolute Gasteiger partial charge is 0.375 e. The van der Waals surface area contributed by atoms with Gasteiger partial charge in [-0.2, -0.15) is 0 Å². The Labute approximate surface area is 203 Å². The van der Waals surface area contributed by atoms with Crippen LogP contribution in [-0.2, 0) is 16.0 Å². The van der Waals surface area contributed by atoms with Crippen LogP contribution in [0.5, 0.6) is 0 Å². The molecule has 0 saturated carbocycles. The predicted molar refractivity (Wildman–Crippen MR) is 136 cm³/mol. The fourth-order valence-corrected chi connectivity index (χ4v) is 5.10. The van der Waals surface area contributed by atoms with E-state index in [-0.39, 0.29) is 18.4 Å². The van der Waals surface area contributed by atoms with E-state index in [1.807, 2.05) is 23.1 Å². The Hall–Kier alpha value is -2.86. The van der Waals surface area contributed by atoms with E-state index >= 15 is 0 Å². The SMILES string of the molecule is COCC(=O)Nc1ccc(N2CCC(Cc3ccccc3)CC2)c(C(=O)N2CCC(C)CC2)c1. The number of anilines is 2. The first-order chi connectivity index (χ1) is 16.5. The summed E-state index contributed by atoms with van der Waals surface area (Å²) < 4.78 is 4.93. The summed E-state index contributed by atoms with van der Waals surface area (Å²) in [5.74, 6) is 1.17. The predicted octanol–water partition coefficient (Wildman–Crippen LogP) is 4.60. The van der Waals surface area contributed by atoms with Gasteiger partial charge in [-0.05, 0) is 67.7 Å². The summed E-state index contributed by atoms with van der Waals surface area (Å²) in [5.41, 5.74) is 3.70. The molecule has 4 rings (SSSR count). The molecule has 2 amide bonds. The molecule has 0 unspecified atom stereocenters. The molecule has 0 bridgehead atoms. The molecule has 2 aromatic carbocycles. The van der Waals surface area contributed by atoms with Crippen molar-refractivity contribution in [3.8, 4) is 0 Å². The molecule has 0 aromatic heterocycles. The number of hydrogen-bond donors (Lipinski definition) is 1. The van der Waals surface area contributed by atoms with Crippen molar-refractivity contribution in [1.82, 2.24) is 4.90 Å². The topological polar surface area (TPSA) is 61.9 Å². The number of methoxy groups -OCH3 is 1. The van der Waals surface area contributed by atoms with Crippen molar-refractivity contribution < 1.29 is 14.3 Å². The van der Waals surface area contributed by atoms with Gasteiger partial charge in [-0.3, -0.25) is 9.59 Å². The zero-order valence-corrected chi connectivity index (χ0v) is 20.5. The first kappa shape index (κ1) is 24.3. The highest BCUT2D eigenvalue weighted by molar-refractivity contribution is 6.02. The van der Waals surface area contributed by atoms with Gasteiger partial charge in [0, 0.05) is 44.7 Å². The molecule has 6 heteroatoms. The monoisotopic (exact) mass is 463 g/mol. The van der Waals surface area contributed by atoms with E-state index in [2.05, 4.69) is 47.5 Å². The van der Waals surface area contributed by atoms with E-state index in [1.165, 1.54) is 12.7 Å². The summed E-state index contributed by atoms with van der Waals surface area (Å²) >= 11 is 0. The molecule has 0 spiro atoms. The molecule has 2 aliphatic rings. The Kier molecular flexibility index (Phi) is 8.22. The summed E-state index contributed by atoms with van der Waals surface area (Å²) in [6.07, 6.45) is 5.40. The van der Waals surface area contributed by atoms with Gasteiger partial charge in [-0.15, -0.1) is 0 Å². The summed E-state index contributed by atoms with van der Waals surface area (Å²) in [4.78, 5) is 30.0. The quantitative estimate of drug-likeness (QED) is 0.652.